The lowest BCUT2D eigenvalue weighted by Gasteiger charge is -2.30. The number of hydrogen-bond acceptors (Lipinski definition) is 4. The predicted octanol–water partition coefficient (Wildman–Crippen LogP) is 1.74. The lowest BCUT2D eigenvalue weighted by molar-refractivity contribution is -0.141. The maximum absolute atomic E-state index is 12.1. The van der Waals surface area contributed by atoms with Crippen LogP contribution in [0.2, 0.25) is 0 Å². The van der Waals surface area contributed by atoms with Gasteiger partial charge < -0.3 is 15.3 Å². The van der Waals surface area contributed by atoms with Crippen molar-refractivity contribution in [2.24, 2.45) is 11.8 Å². The molecule has 1 fully saturated rings. The maximum atomic E-state index is 12.1. The highest BCUT2D eigenvalue weighted by Gasteiger charge is 2.23. The van der Waals surface area contributed by atoms with Crippen molar-refractivity contribution in [3.05, 3.63) is 11.8 Å². The molecule has 1 heterocycles. The van der Waals surface area contributed by atoms with E-state index in [0.29, 0.717) is 12.3 Å². The first-order valence-electron chi connectivity index (χ1n) is 7.73. The third kappa shape index (κ3) is 5.76. The van der Waals surface area contributed by atoms with Crippen LogP contribution in [0.15, 0.2) is 11.8 Å². The molecule has 1 amide bonds. The van der Waals surface area contributed by atoms with Crippen LogP contribution in [0.1, 0.15) is 40.0 Å². The SMILES string of the molecule is CC(C)CC(NC(=O)/C(C#N)=C\N1CCCC(C)C1)C(=O)O. The molecule has 0 bridgehead atoms. The fourth-order valence-electron chi connectivity index (χ4n) is 2.59. The Morgan fingerprint density at radius 1 is 1.50 bits per heavy atom. The van der Waals surface area contributed by atoms with Crippen molar-refractivity contribution in [2.75, 3.05) is 13.1 Å². The van der Waals surface area contributed by atoms with Crippen LogP contribution in [0, 0.1) is 23.2 Å². The van der Waals surface area contributed by atoms with Gasteiger partial charge in [-0.2, -0.15) is 5.26 Å². The van der Waals surface area contributed by atoms with Crippen LogP contribution >= 0.6 is 0 Å². The number of piperidine rings is 1. The highest BCUT2D eigenvalue weighted by molar-refractivity contribution is 5.99. The van der Waals surface area contributed by atoms with E-state index in [1.807, 2.05) is 24.8 Å². The maximum Gasteiger partial charge on any atom is 0.326 e. The Bertz CT molecular complexity index is 480. The molecule has 2 N–H and O–H groups in total. The molecule has 0 saturated carbocycles. The molecule has 22 heavy (non-hydrogen) atoms. The summed E-state index contributed by atoms with van der Waals surface area (Å²) in [5.41, 5.74) is -0.0379. The van der Waals surface area contributed by atoms with Gasteiger partial charge in [-0.3, -0.25) is 4.79 Å². The largest absolute Gasteiger partial charge is 0.480 e. The first-order chi connectivity index (χ1) is 10.3. The number of nitriles is 1. The van der Waals surface area contributed by atoms with Gasteiger partial charge in [0.15, 0.2) is 0 Å². The summed E-state index contributed by atoms with van der Waals surface area (Å²) in [4.78, 5) is 25.3. The first-order valence-corrected chi connectivity index (χ1v) is 7.73. The van der Waals surface area contributed by atoms with E-state index in [9.17, 15) is 14.9 Å². The van der Waals surface area contributed by atoms with Gasteiger partial charge in [0.2, 0.25) is 0 Å². The van der Waals surface area contributed by atoms with Crippen molar-refractivity contribution < 1.29 is 14.7 Å². The number of carbonyl (C=O) groups is 2. The number of carbonyl (C=O) groups excluding carboxylic acids is 1. The molecular weight excluding hydrogens is 282 g/mol. The topological polar surface area (TPSA) is 93.4 Å². The summed E-state index contributed by atoms with van der Waals surface area (Å²) in [6, 6.07) is 0.908. The molecular formula is C16H25N3O3. The van der Waals surface area contributed by atoms with E-state index in [1.165, 1.54) is 0 Å². The summed E-state index contributed by atoms with van der Waals surface area (Å²) >= 11 is 0. The number of rotatable bonds is 6. The highest BCUT2D eigenvalue weighted by atomic mass is 16.4. The molecule has 6 heteroatoms. The highest BCUT2D eigenvalue weighted by Crippen LogP contribution is 2.16. The lowest BCUT2D eigenvalue weighted by atomic mass is 10.0. The Balaban J connectivity index is 2.74. The van der Waals surface area contributed by atoms with Crippen LogP contribution in [0.25, 0.3) is 0 Å². The number of carboxylic acid groups (broad SMARTS) is 1. The van der Waals surface area contributed by atoms with Gasteiger partial charge in [-0.1, -0.05) is 20.8 Å². The molecule has 0 radical (unpaired) electrons. The quantitative estimate of drug-likeness (QED) is 0.576. The summed E-state index contributed by atoms with van der Waals surface area (Å²) in [6.07, 6.45) is 4.07. The van der Waals surface area contributed by atoms with E-state index < -0.39 is 17.9 Å². The van der Waals surface area contributed by atoms with E-state index >= 15 is 0 Å². The van der Waals surface area contributed by atoms with Crippen LogP contribution in [0.5, 0.6) is 0 Å². The molecule has 6 nitrogen and oxygen atoms in total. The van der Waals surface area contributed by atoms with E-state index in [0.717, 1.165) is 25.9 Å². The Labute approximate surface area is 131 Å². The minimum absolute atomic E-state index is 0.0379. The Hall–Kier alpha value is -2.03. The standard InChI is InChI=1S/C16H25N3O3/c1-11(2)7-14(16(21)22)18-15(20)13(8-17)10-19-6-4-5-12(3)9-19/h10-12,14H,4-7,9H2,1-3H3,(H,18,20)(H,21,22)/b13-10-. The Kier molecular flexibility index (Phi) is 6.90. The number of likely N-dealkylation sites (tertiary alicyclic amines) is 1. The third-order valence-corrected chi connectivity index (χ3v) is 3.68. The van der Waals surface area contributed by atoms with Crippen LogP contribution < -0.4 is 5.32 Å². The molecule has 2 unspecified atom stereocenters. The zero-order chi connectivity index (χ0) is 16.7. The molecule has 1 rings (SSSR count). The average molecular weight is 307 g/mol. The zero-order valence-electron chi connectivity index (χ0n) is 13.5. The number of hydrogen-bond donors (Lipinski definition) is 2. The first kappa shape index (κ1) is 18.0. The normalized spacial score (nSPS) is 20.4. The molecule has 122 valence electrons. The summed E-state index contributed by atoms with van der Waals surface area (Å²) in [5, 5.41) is 20.8. The van der Waals surface area contributed by atoms with Crippen LogP contribution in [0.4, 0.5) is 0 Å². The van der Waals surface area contributed by atoms with Crippen LogP contribution in [-0.2, 0) is 9.59 Å². The van der Waals surface area contributed by atoms with Crippen molar-refractivity contribution in [2.45, 2.75) is 46.1 Å². The number of carboxylic acids is 1. The Morgan fingerprint density at radius 3 is 2.68 bits per heavy atom. The molecule has 2 atom stereocenters. The molecule has 0 aromatic heterocycles. The van der Waals surface area contributed by atoms with Gasteiger partial charge in [0, 0.05) is 19.3 Å². The van der Waals surface area contributed by atoms with Crippen molar-refractivity contribution >= 4 is 11.9 Å². The molecule has 0 aliphatic carbocycles. The second-order valence-corrected chi connectivity index (χ2v) is 6.39. The van der Waals surface area contributed by atoms with Gasteiger partial charge in [0.1, 0.15) is 17.7 Å². The smallest absolute Gasteiger partial charge is 0.326 e. The fourth-order valence-corrected chi connectivity index (χ4v) is 2.59. The predicted molar refractivity (Wildman–Crippen MR) is 82.7 cm³/mol. The molecule has 0 spiro atoms. The minimum Gasteiger partial charge on any atom is -0.480 e. The minimum atomic E-state index is -1.08. The van der Waals surface area contributed by atoms with E-state index in [2.05, 4.69) is 12.2 Å². The van der Waals surface area contributed by atoms with Crippen molar-refractivity contribution in [1.82, 2.24) is 10.2 Å². The summed E-state index contributed by atoms with van der Waals surface area (Å²) < 4.78 is 0. The molecule has 1 saturated heterocycles. The van der Waals surface area contributed by atoms with Gasteiger partial charge in [-0.15, -0.1) is 0 Å². The molecule has 0 aromatic carbocycles. The number of nitrogens with zero attached hydrogens (tertiary/aromatic N) is 2. The third-order valence-electron chi connectivity index (χ3n) is 3.68. The zero-order valence-corrected chi connectivity index (χ0v) is 13.5. The van der Waals surface area contributed by atoms with Gasteiger partial charge in [-0.05, 0) is 31.1 Å². The van der Waals surface area contributed by atoms with Gasteiger partial charge >= 0.3 is 5.97 Å². The van der Waals surface area contributed by atoms with Gasteiger partial charge in [-0.25, -0.2) is 4.79 Å². The number of nitrogens with one attached hydrogen (secondary N) is 1. The number of aliphatic carboxylic acids is 1. The van der Waals surface area contributed by atoms with Crippen molar-refractivity contribution in [3.63, 3.8) is 0 Å². The van der Waals surface area contributed by atoms with Crippen molar-refractivity contribution in [3.8, 4) is 6.07 Å². The second kappa shape index (κ2) is 8.42. The Morgan fingerprint density at radius 2 is 2.18 bits per heavy atom. The summed E-state index contributed by atoms with van der Waals surface area (Å²) in [7, 11) is 0. The lowest BCUT2D eigenvalue weighted by Crippen LogP contribution is -2.42. The van der Waals surface area contributed by atoms with Crippen molar-refractivity contribution in [1.29, 1.82) is 5.26 Å². The molecule has 1 aliphatic rings. The summed E-state index contributed by atoms with van der Waals surface area (Å²) in [5.74, 6) is -1.03. The van der Waals surface area contributed by atoms with Gasteiger partial charge in [0.05, 0.1) is 0 Å². The van der Waals surface area contributed by atoms with Crippen LogP contribution in [0.3, 0.4) is 0 Å². The van der Waals surface area contributed by atoms with E-state index in [-0.39, 0.29) is 11.5 Å². The number of amides is 1. The second-order valence-electron chi connectivity index (χ2n) is 6.39. The van der Waals surface area contributed by atoms with Gasteiger partial charge in [0.25, 0.3) is 5.91 Å². The van der Waals surface area contributed by atoms with E-state index in [4.69, 9.17) is 5.11 Å². The molecule has 0 aromatic rings. The monoisotopic (exact) mass is 307 g/mol. The fraction of sp³-hybridized carbons (Fsp3) is 0.688. The van der Waals surface area contributed by atoms with E-state index in [1.54, 1.807) is 6.20 Å². The average Bonchev–Trinajstić information content (AvgIpc) is 2.43. The molecule has 1 aliphatic heterocycles. The summed E-state index contributed by atoms with van der Waals surface area (Å²) in [6.45, 7) is 7.54. The van der Waals surface area contributed by atoms with Crippen LogP contribution in [-0.4, -0.2) is 41.0 Å².